The van der Waals surface area contributed by atoms with E-state index in [1.807, 2.05) is 0 Å². The van der Waals surface area contributed by atoms with Crippen LogP contribution in [0.2, 0.25) is 0 Å². The lowest BCUT2D eigenvalue weighted by Gasteiger charge is -2.06. The average Bonchev–Trinajstić information content (AvgIpc) is 2.87. The van der Waals surface area contributed by atoms with Crippen molar-refractivity contribution in [3.8, 4) is 11.1 Å². The van der Waals surface area contributed by atoms with Crippen molar-refractivity contribution in [1.82, 2.24) is 4.57 Å². The second kappa shape index (κ2) is 5.51. The average molecular weight is 265 g/mol. The Morgan fingerprint density at radius 3 is 2.65 bits per heavy atom. The first-order chi connectivity index (χ1) is 9.78. The summed E-state index contributed by atoms with van der Waals surface area (Å²) < 4.78 is 2.20. The Bertz CT molecular complexity index is 727. The molecule has 3 rings (SSSR count). The lowest BCUT2D eigenvalue weighted by molar-refractivity contribution is 0.280. The van der Waals surface area contributed by atoms with Gasteiger partial charge in [0.15, 0.2) is 0 Å². The van der Waals surface area contributed by atoms with Crippen LogP contribution in [0, 0.1) is 6.92 Å². The highest BCUT2D eigenvalue weighted by molar-refractivity contribution is 5.85. The lowest BCUT2D eigenvalue weighted by Crippen LogP contribution is -1.97. The van der Waals surface area contributed by atoms with E-state index in [0.717, 1.165) is 13.0 Å². The molecule has 0 saturated heterocycles. The molecule has 0 unspecified atom stereocenters. The summed E-state index contributed by atoms with van der Waals surface area (Å²) in [6.45, 7) is 3.22. The first-order valence-corrected chi connectivity index (χ1v) is 7.05. The third-order valence-corrected chi connectivity index (χ3v) is 3.68. The van der Waals surface area contributed by atoms with E-state index >= 15 is 0 Å². The van der Waals surface area contributed by atoms with E-state index in [4.69, 9.17) is 5.11 Å². The van der Waals surface area contributed by atoms with Crippen molar-refractivity contribution in [2.75, 3.05) is 6.61 Å². The van der Waals surface area contributed by atoms with E-state index < -0.39 is 0 Å². The van der Waals surface area contributed by atoms with Gasteiger partial charge in [0.1, 0.15) is 0 Å². The van der Waals surface area contributed by atoms with Crippen LogP contribution in [0.25, 0.3) is 22.0 Å². The van der Waals surface area contributed by atoms with Crippen molar-refractivity contribution >= 4 is 10.9 Å². The number of aromatic nitrogens is 1. The molecule has 1 N–H and O–H groups in total. The minimum atomic E-state index is 0.237. The van der Waals surface area contributed by atoms with Crippen molar-refractivity contribution in [3.63, 3.8) is 0 Å². The predicted molar refractivity (Wildman–Crippen MR) is 83.8 cm³/mol. The van der Waals surface area contributed by atoms with Crippen LogP contribution >= 0.6 is 0 Å². The summed E-state index contributed by atoms with van der Waals surface area (Å²) in [6.07, 6.45) is 2.89. The quantitative estimate of drug-likeness (QED) is 0.758. The maximum Gasteiger partial charge on any atom is 0.0480 e. The van der Waals surface area contributed by atoms with E-state index in [1.165, 1.54) is 27.6 Å². The summed E-state index contributed by atoms with van der Waals surface area (Å²) in [7, 11) is 0. The molecule has 0 saturated carbocycles. The Morgan fingerprint density at radius 1 is 1.00 bits per heavy atom. The molecule has 2 aromatic carbocycles. The van der Waals surface area contributed by atoms with Gasteiger partial charge in [-0.2, -0.15) is 0 Å². The molecule has 0 spiro atoms. The number of hydrogen-bond acceptors (Lipinski definition) is 1. The van der Waals surface area contributed by atoms with Crippen molar-refractivity contribution in [2.24, 2.45) is 0 Å². The summed E-state index contributed by atoms with van der Waals surface area (Å²) in [5.41, 5.74) is 5.02. The van der Waals surface area contributed by atoms with Gasteiger partial charge in [-0.3, -0.25) is 0 Å². The zero-order chi connectivity index (χ0) is 13.9. The molecule has 0 bridgehead atoms. The van der Waals surface area contributed by atoms with E-state index in [-0.39, 0.29) is 6.61 Å². The topological polar surface area (TPSA) is 25.2 Å². The number of aliphatic hydroxyl groups excluding tert-OH is 1. The molecule has 1 heterocycles. The van der Waals surface area contributed by atoms with Crippen LogP contribution < -0.4 is 0 Å². The number of hydrogen-bond donors (Lipinski definition) is 1. The SMILES string of the molecule is Cc1cccc(-c2ccc3c(ccn3CCCO)c2)c1. The molecule has 102 valence electrons. The molecule has 20 heavy (non-hydrogen) atoms. The molecule has 0 aliphatic heterocycles. The number of aliphatic hydroxyl groups is 1. The van der Waals surface area contributed by atoms with Crippen LogP contribution in [0.1, 0.15) is 12.0 Å². The van der Waals surface area contributed by atoms with Crippen molar-refractivity contribution in [3.05, 3.63) is 60.3 Å². The monoisotopic (exact) mass is 265 g/mol. The Balaban J connectivity index is 1.99. The van der Waals surface area contributed by atoms with E-state index in [2.05, 4.69) is 66.2 Å². The van der Waals surface area contributed by atoms with Crippen LogP contribution in [-0.2, 0) is 6.54 Å². The molecule has 0 fully saturated rings. The highest BCUT2D eigenvalue weighted by Gasteiger charge is 2.04. The molecule has 0 amide bonds. The third-order valence-electron chi connectivity index (χ3n) is 3.68. The van der Waals surface area contributed by atoms with Crippen molar-refractivity contribution in [2.45, 2.75) is 19.9 Å². The first kappa shape index (κ1) is 12.9. The van der Waals surface area contributed by atoms with Gasteiger partial charge in [-0.05, 0) is 42.7 Å². The molecule has 0 radical (unpaired) electrons. The highest BCUT2D eigenvalue weighted by atomic mass is 16.3. The maximum absolute atomic E-state index is 8.94. The van der Waals surface area contributed by atoms with Gasteiger partial charge in [0.25, 0.3) is 0 Å². The van der Waals surface area contributed by atoms with Crippen LogP contribution in [-0.4, -0.2) is 16.3 Å². The normalized spacial score (nSPS) is 11.1. The number of aryl methyl sites for hydroxylation is 2. The van der Waals surface area contributed by atoms with E-state index in [0.29, 0.717) is 0 Å². The summed E-state index contributed by atoms with van der Waals surface area (Å²) in [5.74, 6) is 0. The van der Waals surface area contributed by atoms with Gasteiger partial charge >= 0.3 is 0 Å². The van der Waals surface area contributed by atoms with Gasteiger partial charge in [0.05, 0.1) is 0 Å². The molecule has 1 aromatic heterocycles. The molecule has 2 heteroatoms. The Labute approximate surface area is 119 Å². The second-order valence-corrected chi connectivity index (χ2v) is 5.23. The lowest BCUT2D eigenvalue weighted by atomic mass is 10.0. The maximum atomic E-state index is 8.94. The Morgan fingerprint density at radius 2 is 1.85 bits per heavy atom. The predicted octanol–water partition coefficient (Wildman–Crippen LogP) is 4.00. The molecule has 0 atom stereocenters. The Kier molecular flexibility index (Phi) is 3.57. The largest absolute Gasteiger partial charge is 0.396 e. The van der Waals surface area contributed by atoms with Crippen LogP contribution in [0.15, 0.2) is 54.7 Å². The molecule has 2 nitrogen and oxygen atoms in total. The van der Waals surface area contributed by atoms with Crippen LogP contribution in [0.5, 0.6) is 0 Å². The number of nitrogens with zero attached hydrogens (tertiary/aromatic N) is 1. The smallest absolute Gasteiger partial charge is 0.0480 e. The van der Waals surface area contributed by atoms with Gasteiger partial charge in [-0.25, -0.2) is 0 Å². The zero-order valence-electron chi connectivity index (χ0n) is 11.7. The molecule has 3 aromatic rings. The summed E-state index contributed by atoms with van der Waals surface area (Å²) in [5, 5.41) is 10.2. The van der Waals surface area contributed by atoms with Crippen LogP contribution in [0.3, 0.4) is 0 Å². The van der Waals surface area contributed by atoms with Gasteiger partial charge in [0, 0.05) is 30.3 Å². The van der Waals surface area contributed by atoms with E-state index in [1.54, 1.807) is 0 Å². The van der Waals surface area contributed by atoms with Crippen molar-refractivity contribution in [1.29, 1.82) is 0 Å². The van der Waals surface area contributed by atoms with E-state index in [9.17, 15) is 0 Å². The summed E-state index contributed by atoms with van der Waals surface area (Å²) >= 11 is 0. The molecular formula is C18H19NO. The molecule has 0 aliphatic rings. The summed E-state index contributed by atoms with van der Waals surface area (Å²) in [4.78, 5) is 0. The fourth-order valence-corrected chi connectivity index (χ4v) is 2.64. The zero-order valence-corrected chi connectivity index (χ0v) is 11.7. The number of benzene rings is 2. The molecular weight excluding hydrogens is 246 g/mol. The Hall–Kier alpha value is -2.06. The first-order valence-electron chi connectivity index (χ1n) is 7.05. The molecule has 0 aliphatic carbocycles. The highest BCUT2D eigenvalue weighted by Crippen LogP contribution is 2.26. The van der Waals surface area contributed by atoms with Gasteiger partial charge < -0.3 is 9.67 Å². The third kappa shape index (κ3) is 2.47. The summed E-state index contributed by atoms with van der Waals surface area (Å²) in [6, 6.07) is 17.3. The van der Waals surface area contributed by atoms with Crippen LogP contribution in [0.4, 0.5) is 0 Å². The second-order valence-electron chi connectivity index (χ2n) is 5.23. The van der Waals surface area contributed by atoms with Crippen molar-refractivity contribution < 1.29 is 5.11 Å². The standard InChI is InChI=1S/C18H19NO/c1-14-4-2-5-15(12-14)16-6-7-18-17(13-16)8-10-19(18)9-3-11-20/h2,4-8,10,12-13,20H,3,9,11H2,1H3. The fourth-order valence-electron chi connectivity index (χ4n) is 2.64. The van der Waals surface area contributed by atoms with Gasteiger partial charge in [-0.1, -0.05) is 35.9 Å². The number of fused-ring (bicyclic) bond motifs is 1. The fraction of sp³-hybridized carbons (Fsp3) is 0.222. The minimum absolute atomic E-state index is 0.237. The number of rotatable bonds is 4. The van der Waals surface area contributed by atoms with Gasteiger partial charge in [0.2, 0.25) is 0 Å². The van der Waals surface area contributed by atoms with Gasteiger partial charge in [-0.15, -0.1) is 0 Å². The minimum Gasteiger partial charge on any atom is -0.396 e.